The van der Waals surface area contributed by atoms with Crippen molar-refractivity contribution in [2.75, 3.05) is 46.0 Å². The van der Waals surface area contributed by atoms with E-state index in [9.17, 15) is 4.79 Å². The van der Waals surface area contributed by atoms with Crippen LogP contribution < -0.4 is 4.74 Å². The Morgan fingerprint density at radius 1 is 1.15 bits per heavy atom. The predicted molar refractivity (Wildman–Crippen MR) is 103 cm³/mol. The van der Waals surface area contributed by atoms with Crippen molar-refractivity contribution in [1.82, 2.24) is 9.80 Å². The largest absolute Gasteiger partial charge is 0.484 e. The number of morpholine rings is 1. The third-order valence-corrected chi connectivity index (χ3v) is 5.67. The van der Waals surface area contributed by atoms with Crippen LogP contribution in [0.2, 0.25) is 0 Å². The molecule has 1 aromatic carbocycles. The molecule has 1 unspecified atom stereocenters. The van der Waals surface area contributed by atoms with Crippen LogP contribution in [0.15, 0.2) is 18.2 Å². The van der Waals surface area contributed by atoms with Crippen LogP contribution >= 0.6 is 0 Å². The Balaban J connectivity index is 1.50. The predicted octanol–water partition coefficient (Wildman–Crippen LogP) is 2.79. The first-order valence-corrected chi connectivity index (χ1v) is 9.93. The number of ether oxygens (including phenoxy) is 2. The normalized spacial score (nSPS) is 21.6. The van der Waals surface area contributed by atoms with Gasteiger partial charge in [0, 0.05) is 32.2 Å². The van der Waals surface area contributed by atoms with Gasteiger partial charge in [-0.1, -0.05) is 6.07 Å². The number of hydrogen-bond donors (Lipinski definition) is 0. The Hall–Kier alpha value is -1.59. The fourth-order valence-corrected chi connectivity index (χ4v) is 3.82. The summed E-state index contributed by atoms with van der Waals surface area (Å²) in [7, 11) is 0. The molecule has 26 heavy (non-hydrogen) atoms. The quantitative estimate of drug-likeness (QED) is 0.782. The van der Waals surface area contributed by atoms with Crippen molar-refractivity contribution in [2.45, 2.75) is 45.6 Å². The van der Waals surface area contributed by atoms with Crippen LogP contribution in [0.1, 0.15) is 36.8 Å². The Labute approximate surface area is 157 Å². The molecule has 2 aliphatic rings. The van der Waals surface area contributed by atoms with Gasteiger partial charge in [-0.2, -0.15) is 0 Å². The summed E-state index contributed by atoms with van der Waals surface area (Å²) in [5, 5.41) is 0. The van der Waals surface area contributed by atoms with Crippen molar-refractivity contribution < 1.29 is 14.3 Å². The zero-order valence-corrected chi connectivity index (χ0v) is 16.2. The number of piperidine rings is 1. The van der Waals surface area contributed by atoms with Crippen molar-refractivity contribution in [3.8, 4) is 5.75 Å². The lowest BCUT2D eigenvalue weighted by molar-refractivity contribution is -0.137. The zero-order valence-electron chi connectivity index (χ0n) is 16.2. The van der Waals surface area contributed by atoms with Crippen LogP contribution in [0.4, 0.5) is 0 Å². The second-order valence-corrected chi connectivity index (χ2v) is 7.51. The van der Waals surface area contributed by atoms with Crippen molar-refractivity contribution in [3.05, 3.63) is 29.3 Å². The van der Waals surface area contributed by atoms with Gasteiger partial charge in [0.15, 0.2) is 6.61 Å². The molecule has 0 saturated carbocycles. The van der Waals surface area contributed by atoms with Gasteiger partial charge in [0.05, 0.1) is 13.2 Å². The molecule has 1 atom stereocenters. The minimum atomic E-state index is 0.120. The van der Waals surface area contributed by atoms with Crippen LogP contribution in [-0.4, -0.2) is 67.7 Å². The fourth-order valence-electron chi connectivity index (χ4n) is 3.82. The number of hydrogen-bond acceptors (Lipinski definition) is 4. The molecule has 2 saturated heterocycles. The Morgan fingerprint density at radius 3 is 2.73 bits per heavy atom. The van der Waals surface area contributed by atoms with Crippen LogP contribution in [0.3, 0.4) is 0 Å². The molecule has 0 bridgehead atoms. The van der Waals surface area contributed by atoms with E-state index in [0.29, 0.717) is 6.04 Å². The summed E-state index contributed by atoms with van der Waals surface area (Å²) in [5.74, 6) is 0.901. The molecule has 0 aliphatic carbocycles. The van der Waals surface area contributed by atoms with E-state index in [4.69, 9.17) is 9.47 Å². The summed E-state index contributed by atoms with van der Waals surface area (Å²) < 4.78 is 11.2. The minimum Gasteiger partial charge on any atom is -0.484 e. The SMILES string of the molecule is Cc1ccc(OCC(=O)N2CCCCC2CCN2CCOCC2)cc1C. The lowest BCUT2D eigenvalue weighted by atomic mass is 9.99. The number of nitrogens with zero attached hydrogens (tertiary/aromatic N) is 2. The van der Waals surface area contributed by atoms with Crippen molar-refractivity contribution in [2.24, 2.45) is 0 Å². The molecule has 2 fully saturated rings. The summed E-state index contributed by atoms with van der Waals surface area (Å²) in [6.07, 6.45) is 4.48. The molecule has 144 valence electrons. The first kappa shape index (κ1) is 19.2. The summed E-state index contributed by atoms with van der Waals surface area (Å²) in [6, 6.07) is 6.35. The highest BCUT2D eigenvalue weighted by Gasteiger charge is 2.27. The van der Waals surface area contributed by atoms with Gasteiger partial charge in [-0.15, -0.1) is 0 Å². The fraction of sp³-hybridized carbons (Fsp3) is 0.667. The lowest BCUT2D eigenvalue weighted by Crippen LogP contribution is -2.47. The Morgan fingerprint density at radius 2 is 1.96 bits per heavy atom. The molecule has 2 heterocycles. The standard InChI is InChI=1S/C21H32N2O3/c1-17-6-7-20(15-18(17)2)26-16-21(24)23-9-4-3-5-19(23)8-10-22-11-13-25-14-12-22/h6-7,15,19H,3-5,8-14,16H2,1-2H3. The molecular formula is C21H32N2O3. The molecule has 5 heteroatoms. The average Bonchev–Trinajstić information content (AvgIpc) is 2.68. The van der Waals surface area contributed by atoms with E-state index in [1.807, 2.05) is 18.2 Å². The number of rotatable bonds is 6. The van der Waals surface area contributed by atoms with E-state index < -0.39 is 0 Å². The highest BCUT2D eigenvalue weighted by Crippen LogP contribution is 2.21. The van der Waals surface area contributed by atoms with Crippen LogP contribution in [0, 0.1) is 13.8 Å². The first-order valence-electron chi connectivity index (χ1n) is 9.93. The number of carbonyl (C=O) groups excluding carboxylic acids is 1. The Bertz CT molecular complexity index is 599. The first-order chi connectivity index (χ1) is 12.6. The number of benzene rings is 1. The Kier molecular flexibility index (Phi) is 6.92. The third kappa shape index (κ3) is 5.21. The number of carbonyl (C=O) groups is 1. The summed E-state index contributed by atoms with van der Waals surface area (Å²) in [6.45, 7) is 9.88. The van der Waals surface area contributed by atoms with Gasteiger partial charge in [-0.25, -0.2) is 0 Å². The van der Waals surface area contributed by atoms with Crippen molar-refractivity contribution in [3.63, 3.8) is 0 Å². The monoisotopic (exact) mass is 360 g/mol. The van der Waals surface area contributed by atoms with Gasteiger partial charge in [0.2, 0.25) is 0 Å². The molecule has 0 spiro atoms. The van der Waals surface area contributed by atoms with Gasteiger partial charge in [0.25, 0.3) is 5.91 Å². The third-order valence-electron chi connectivity index (χ3n) is 5.67. The van der Waals surface area contributed by atoms with E-state index >= 15 is 0 Å². The summed E-state index contributed by atoms with van der Waals surface area (Å²) >= 11 is 0. The van der Waals surface area contributed by atoms with Crippen molar-refractivity contribution >= 4 is 5.91 Å². The molecule has 3 rings (SSSR count). The van der Waals surface area contributed by atoms with Gasteiger partial charge in [-0.05, 0) is 62.8 Å². The maximum atomic E-state index is 12.8. The molecule has 0 N–H and O–H groups in total. The minimum absolute atomic E-state index is 0.120. The lowest BCUT2D eigenvalue weighted by Gasteiger charge is -2.37. The highest BCUT2D eigenvalue weighted by atomic mass is 16.5. The summed E-state index contributed by atoms with van der Waals surface area (Å²) in [4.78, 5) is 17.3. The average molecular weight is 360 g/mol. The molecular weight excluding hydrogens is 328 g/mol. The second-order valence-electron chi connectivity index (χ2n) is 7.51. The van der Waals surface area contributed by atoms with Crippen LogP contribution in [0.5, 0.6) is 5.75 Å². The molecule has 0 aromatic heterocycles. The van der Waals surface area contributed by atoms with Gasteiger partial charge in [0.1, 0.15) is 5.75 Å². The van der Waals surface area contributed by atoms with E-state index in [1.165, 1.54) is 17.5 Å². The number of likely N-dealkylation sites (tertiary alicyclic amines) is 1. The summed E-state index contributed by atoms with van der Waals surface area (Å²) in [5.41, 5.74) is 2.43. The van der Waals surface area contributed by atoms with Gasteiger partial charge < -0.3 is 14.4 Å². The van der Waals surface area contributed by atoms with E-state index in [1.54, 1.807) is 0 Å². The maximum Gasteiger partial charge on any atom is 0.260 e. The second kappa shape index (κ2) is 9.38. The number of amides is 1. The van der Waals surface area contributed by atoms with E-state index in [-0.39, 0.29) is 12.5 Å². The topological polar surface area (TPSA) is 42.0 Å². The smallest absolute Gasteiger partial charge is 0.260 e. The number of aryl methyl sites for hydroxylation is 2. The van der Waals surface area contributed by atoms with E-state index in [2.05, 4.69) is 23.6 Å². The van der Waals surface area contributed by atoms with Gasteiger partial charge >= 0.3 is 0 Å². The molecule has 0 radical (unpaired) electrons. The molecule has 2 aliphatic heterocycles. The maximum absolute atomic E-state index is 12.8. The molecule has 5 nitrogen and oxygen atoms in total. The van der Waals surface area contributed by atoms with Crippen molar-refractivity contribution in [1.29, 1.82) is 0 Å². The van der Waals surface area contributed by atoms with E-state index in [0.717, 1.165) is 64.4 Å². The zero-order chi connectivity index (χ0) is 18.4. The molecule has 1 aromatic rings. The highest BCUT2D eigenvalue weighted by molar-refractivity contribution is 5.78. The van der Waals surface area contributed by atoms with Crippen LogP contribution in [-0.2, 0) is 9.53 Å². The van der Waals surface area contributed by atoms with Crippen LogP contribution in [0.25, 0.3) is 0 Å². The van der Waals surface area contributed by atoms with Gasteiger partial charge in [-0.3, -0.25) is 9.69 Å². The molecule has 1 amide bonds.